The number of fused-ring (bicyclic) bond motifs is 1. The lowest BCUT2D eigenvalue weighted by Gasteiger charge is -2.11. The van der Waals surface area contributed by atoms with Crippen molar-refractivity contribution in [3.05, 3.63) is 53.1 Å². The zero-order chi connectivity index (χ0) is 16.6. The minimum absolute atomic E-state index is 0.203. The zero-order valence-electron chi connectivity index (χ0n) is 12.2. The molecular formula is C16H14ClNO4S. The van der Waals surface area contributed by atoms with E-state index in [4.69, 9.17) is 16.3 Å². The van der Waals surface area contributed by atoms with Crippen molar-refractivity contribution in [3.63, 3.8) is 0 Å². The van der Waals surface area contributed by atoms with Crippen molar-refractivity contribution < 1.29 is 17.9 Å². The maximum atomic E-state index is 12.3. The normalized spacial score (nSPS) is 16.5. The molecule has 1 aliphatic rings. The molecule has 1 aliphatic heterocycles. The first-order chi connectivity index (χ1) is 10.8. The van der Waals surface area contributed by atoms with Gasteiger partial charge in [0, 0.05) is 23.4 Å². The van der Waals surface area contributed by atoms with Crippen molar-refractivity contribution in [1.82, 2.24) is 0 Å². The smallest absolute Gasteiger partial charge is 0.265 e. The van der Waals surface area contributed by atoms with Crippen molar-refractivity contribution in [3.8, 4) is 5.75 Å². The molecule has 0 spiro atoms. The largest absolute Gasteiger partial charge is 0.480 e. The topological polar surface area (TPSA) is 72.5 Å². The summed E-state index contributed by atoms with van der Waals surface area (Å²) in [5.41, 5.74) is 1.41. The number of nitrogens with one attached hydrogen (secondary N) is 1. The average Bonchev–Trinajstić information content (AvgIpc) is 2.90. The van der Waals surface area contributed by atoms with Crippen LogP contribution in [0.15, 0.2) is 47.4 Å². The van der Waals surface area contributed by atoms with Gasteiger partial charge in [-0.3, -0.25) is 4.79 Å². The molecule has 3 rings (SSSR count). The molecule has 0 aromatic heterocycles. The number of hydrogen-bond acceptors (Lipinski definition) is 4. The number of ether oxygens (including phenoxy) is 1. The Morgan fingerprint density at radius 1 is 1.22 bits per heavy atom. The Hall–Kier alpha value is -2.05. The van der Waals surface area contributed by atoms with Gasteiger partial charge in [-0.15, -0.1) is 0 Å². The van der Waals surface area contributed by atoms with E-state index in [0.717, 1.165) is 11.8 Å². The second-order valence-corrected chi connectivity index (χ2v) is 7.80. The number of halogens is 1. The van der Waals surface area contributed by atoms with Crippen LogP contribution in [0.3, 0.4) is 0 Å². The third-order valence-corrected chi connectivity index (χ3v) is 4.90. The molecule has 1 atom stereocenters. The Bertz CT molecular complexity index is 862. The highest BCUT2D eigenvalue weighted by molar-refractivity contribution is 7.90. The number of sulfone groups is 1. The van der Waals surface area contributed by atoms with Crippen LogP contribution in [0.5, 0.6) is 5.75 Å². The van der Waals surface area contributed by atoms with Gasteiger partial charge >= 0.3 is 0 Å². The lowest BCUT2D eigenvalue weighted by Crippen LogP contribution is -2.31. The van der Waals surface area contributed by atoms with Gasteiger partial charge in [0.25, 0.3) is 5.91 Å². The summed E-state index contributed by atoms with van der Waals surface area (Å²) in [5, 5.41) is 3.32. The molecule has 23 heavy (non-hydrogen) atoms. The van der Waals surface area contributed by atoms with Crippen LogP contribution in [0.4, 0.5) is 5.69 Å². The van der Waals surface area contributed by atoms with E-state index in [1.54, 1.807) is 30.3 Å². The lowest BCUT2D eigenvalue weighted by molar-refractivity contribution is -0.122. The van der Waals surface area contributed by atoms with Crippen LogP contribution in [0, 0.1) is 0 Å². The number of amides is 1. The van der Waals surface area contributed by atoms with Crippen molar-refractivity contribution in [1.29, 1.82) is 0 Å². The van der Waals surface area contributed by atoms with E-state index < -0.39 is 15.9 Å². The predicted molar refractivity (Wildman–Crippen MR) is 87.8 cm³/mol. The lowest BCUT2D eigenvalue weighted by atomic mass is 10.1. The second kappa shape index (κ2) is 5.86. The van der Waals surface area contributed by atoms with Crippen LogP contribution < -0.4 is 10.1 Å². The van der Waals surface area contributed by atoms with Crippen LogP contribution in [0.1, 0.15) is 5.56 Å². The highest BCUT2D eigenvalue weighted by Crippen LogP contribution is 2.31. The maximum Gasteiger partial charge on any atom is 0.265 e. The Kier molecular flexibility index (Phi) is 4.04. The Balaban J connectivity index is 1.69. The summed E-state index contributed by atoms with van der Waals surface area (Å²) in [5.74, 6) is 0.367. The fourth-order valence-electron chi connectivity index (χ4n) is 2.37. The van der Waals surface area contributed by atoms with E-state index in [2.05, 4.69) is 5.32 Å². The van der Waals surface area contributed by atoms with Crippen LogP contribution >= 0.6 is 11.6 Å². The number of hydrogen-bond donors (Lipinski definition) is 1. The van der Waals surface area contributed by atoms with Gasteiger partial charge in [-0.05, 0) is 48.0 Å². The molecule has 0 radical (unpaired) electrons. The summed E-state index contributed by atoms with van der Waals surface area (Å²) in [6.07, 6.45) is 0.955. The monoisotopic (exact) mass is 351 g/mol. The molecule has 0 fully saturated rings. The maximum absolute atomic E-state index is 12.3. The number of anilines is 1. The molecule has 0 saturated carbocycles. The Morgan fingerprint density at radius 3 is 2.57 bits per heavy atom. The summed E-state index contributed by atoms with van der Waals surface area (Å²) >= 11 is 5.93. The van der Waals surface area contributed by atoms with Gasteiger partial charge in [-0.2, -0.15) is 0 Å². The SMILES string of the molecule is CS(=O)(=O)c1ccc(NC(=O)[C@H]2Cc3cc(Cl)ccc3O2)cc1. The molecule has 5 nitrogen and oxygen atoms in total. The molecule has 0 unspecified atom stereocenters. The van der Waals surface area contributed by atoms with Gasteiger partial charge in [-0.25, -0.2) is 8.42 Å². The highest BCUT2D eigenvalue weighted by atomic mass is 35.5. The second-order valence-electron chi connectivity index (χ2n) is 5.35. The molecule has 1 heterocycles. The molecule has 2 aromatic rings. The summed E-state index contributed by atoms with van der Waals surface area (Å²) in [7, 11) is -3.25. The molecule has 120 valence electrons. The third kappa shape index (κ3) is 3.48. The quantitative estimate of drug-likeness (QED) is 0.922. The van der Waals surface area contributed by atoms with Crippen LogP contribution in [-0.2, 0) is 21.1 Å². The van der Waals surface area contributed by atoms with E-state index >= 15 is 0 Å². The van der Waals surface area contributed by atoms with E-state index in [0.29, 0.717) is 22.9 Å². The molecule has 0 aliphatic carbocycles. The van der Waals surface area contributed by atoms with Gasteiger partial charge in [0.2, 0.25) is 0 Å². The third-order valence-electron chi connectivity index (χ3n) is 3.54. The summed E-state index contributed by atoms with van der Waals surface area (Å²) < 4.78 is 28.4. The van der Waals surface area contributed by atoms with Crippen molar-refractivity contribution >= 4 is 33.0 Å². The summed E-state index contributed by atoms with van der Waals surface area (Å²) in [6.45, 7) is 0. The van der Waals surface area contributed by atoms with Gasteiger partial charge in [0.15, 0.2) is 15.9 Å². The standard InChI is InChI=1S/C16H14ClNO4S/c1-23(20,21)13-5-3-12(4-6-13)18-16(19)15-9-10-8-11(17)2-7-14(10)22-15/h2-8,15H,9H2,1H3,(H,18,19)/t15-/m1/s1. The summed E-state index contributed by atoms with van der Waals surface area (Å²) in [4.78, 5) is 12.5. The fraction of sp³-hybridized carbons (Fsp3) is 0.188. The van der Waals surface area contributed by atoms with E-state index in [9.17, 15) is 13.2 Å². The first-order valence-electron chi connectivity index (χ1n) is 6.89. The number of benzene rings is 2. The molecule has 0 saturated heterocycles. The molecule has 1 amide bonds. The van der Waals surface area contributed by atoms with Crippen molar-refractivity contribution in [2.45, 2.75) is 17.4 Å². The first kappa shape index (κ1) is 15.8. The van der Waals surface area contributed by atoms with Crippen molar-refractivity contribution in [2.24, 2.45) is 0 Å². The van der Waals surface area contributed by atoms with Crippen LogP contribution in [0.25, 0.3) is 0 Å². The number of carbonyl (C=O) groups excluding carboxylic acids is 1. The van der Waals surface area contributed by atoms with Gasteiger partial charge < -0.3 is 10.1 Å². The number of carbonyl (C=O) groups is 1. The zero-order valence-corrected chi connectivity index (χ0v) is 13.8. The van der Waals surface area contributed by atoms with Crippen LogP contribution in [0.2, 0.25) is 5.02 Å². The van der Waals surface area contributed by atoms with E-state index in [1.165, 1.54) is 12.1 Å². The first-order valence-corrected chi connectivity index (χ1v) is 9.16. The Morgan fingerprint density at radius 2 is 1.91 bits per heavy atom. The molecule has 0 bridgehead atoms. The molecule has 2 aromatic carbocycles. The van der Waals surface area contributed by atoms with E-state index in [1.807, 2.05) is 0 Å². The van der Waals surface area contributed by atoms with Gasteiger partial charge in [0.05, 0.1) is 4.90 Å². The molecule has 1 N–H and O–H groups in total. The average molecular weight is 352 g/mol. The summed E-state index contributed by atoms with van der Waals surface area (Å²) in [6, 6.07) is 11.2. The fourth-order valence-corrected chi connectivity index (χ4v) is 3.20. The van der Waals surface area contributed by atoms with Gasteiger partial charge in [-0.1, -0.05) is 11.6 Å². The van der Waals surface area contributed by atoms with Crippen molar-refractivity contribution in [2.75, 3.05) is 11.6 Å². The highest BCUT2D eigenvalue weighted by Gasteiger charge is 2.29. The van der Waals surface area contributed by atoms with Crippen LogP contribution in [-0.4, -0.2) is 26.7 Å². The van der Waals surface area contributed by atoms with E-state index in [-0.39, 0.29) is 10.8 Å². The predicted octanol–water partition coefficient (Wildman–Crippen LogP) is 2.69. The molecular weight excluding hydrogens is 338 g/mol. The minimum Gasteiger partial charge on any atom is -0.480 e. The minimum atomic E-state index is -3.25. The van der Waals surface area contributed by atoms with Gasteiger partial charge in [0.1, 0.15) is 5.75 Å². The Labute approximate surface area is 139 Å². The molecule has 7 heteroatoms. The number of rotatable bonds is 3.